The molecule has 0 radical (unpaired) electrons. The van der Waals surface area contributed by atoms with Crippen LogP contribution in [0.4, 0.5) is 0 Å². The zero-order valence-electron chi connectivity index (χ0n) is 12.1. The smallest absolute Gasteiger partial charge is 0.0596 e. The van der Waals surface area contributed by atoms with Crippen LogP contribution in [0.15, 0.2) is 18.2 Å². The number of aliphatic hydroxyl groups excluding tert-OH is 1. The average Bonchev–Trinajstić information content (AvgIpc) is 2.75. The maximum absolute atomic E-state index is 10.4. The molecule has 1 aromatic carbocycles. The molecule has 20 heavy (non-hydrogen) atoms. The second-order valence-corrected chi connectivity index (χ2v) is 8.53. The van der Waals surface area contributed by atoms with Gasteiger partial charge in [0.2, 0.25) is 0 Å². The molecular formula is C18H23IO. The van der Waals surface area contributed by atoms with Gasteiger partial charge in [-0.05, 0) is 101 Å². The van der Waals surface area contributed by atoms with Crippen molar-refractivity contribution in [2.45, 2.75) is 57.5 Å². The van der Waals surface area contributed by atoms with Crippen LogP contribution in [0.2, 0.25) is 0 Å². The molecular weight excluding hydrogens is 359 g/mol. The van der Waals surface area contributed by atoms with Gasteiger partial charge in [0.05, 0.1) is 6.10 Å². The third kappa shape index (κ3) is 1.76. The summed E-state index contributed by atoms with van der Waals surface area (Å²) in [5.41, 5.74) is 3.46. The van der Waals surface area contributed by atoms with E-state index in [4.69, 9.17) is 0 Å². The Labute approximate surface area is 135 Å². The topological polar surface area (TPSA) is 20.2 Å². The summed E-state index contributed by atoms with van der Waals surface area (Å²) < 4.78 is 1.47. The molecule has 1 nitrogen and oxygen atoms in total. The van der Waals surface area contributed by atoms with Crippen LogP contribution in [0.1, 0.15) is 56.1 Å². The van der Waals surface area contributed by atoms with E-state index in [1.807, 2.05) is 0 Å². The molecule has 3 aliphatic carbocycles. The van der Waals surface area contributed by atoms with Gasteiger partial charge in [0.15, 0.2) is 0 Å². The first-order chi connectivity index (χ1) is 9.61. The van der Waals surface area contributed by atoms with Crippen LogP contribution in [-0.4, -0.2) is 11.2 Å². The minimum absolute atomic E-state index is 0.0512. The number of fused-ring (bicyclic) bond motifs is 5. The van der Waals surface area contributed by atoms with Crippen molar-refractivity contribution in [2.75, 3.05) is 0 Å². The summed E-state index contributed by atoms with van der Waals surface area (Å²) in [7, 11) is 0. The summed E-state index contributed by atoms with van der Waals surface area (Å²) in [6.07, 6.45) is 7.30. The lowest BCUT2D eigenvalue weighted by atomic mass is 9.55. The number of aliphatic hydroxyl groups is 1. The summed E-state index contributed by atoms with van der Waals surface area (Å²) in [5.74, 6) is 2.32. The van der Waals surface area contributed by atoms with Crippen LogP contribution in [0.5, 0.6) is 0 Å². The largest absolute Gasteiger partial charge is 0.393 e. The van der Waals surface area contributed by atoms with E-state index in [2.05, 4.69) is 47.7 Å². The molecule has 0 saturated heterocycles. The van der Waals surface area contributed by atoms with Crippen molar-refractivity contribution in [1.82, 2.24) is 0 Å². The third-order valence-electron chi connectivity index (χ3n) is 6.65. The molecule has 2 saturated carbocycles. The first kappa shape index (κ1) is 13.6. The predicted octanol–water partition coefficient (Wildman–Crippen LogP) is 4.51. The minimum atomic E-state index is -0.0512. The number of benzene rings is 1. The van der Waals surface area contributed by atoms with Gasteiger partial charge in [-0.15, -0.1) is 0 Å². The molecule has 2 fully saturated rings. The summed E-state index contributed by atoms with van der Waals surface area (Å²) >= 11 is 2.53. The van der Waals surface area contributed by atoms with Gasteiger partial charge in [0.1, 0.15) is 0 Å². The van der Waals surface area contributed by atoms with Crippen LogP contribution < -0.4 is 0 Å². The quantitative estimate of drug-likeness (QED) is 0.655. The number of hydrogen-bond acceptors (Lipinski definition) is 1. The normalized spacial score (nSPS) is 42.8. The Balaban J connectivity index is 1.75. The van der Waals surface area contributed by atoms with Crippen molar-refractivity contribution in [2.24, 2.45) is 17.3 Å². The van der Waals surface area contributed by atoms with Crippen molar-refractivity contribution < 1.29 is 5.11 Å². The molecule has 0 amide bonds. The molecule has 108 valence electrons. The third-order valence-corrected chi connectivity index (χ3v) is 7.59. The van der Waals surface area contributed by atoms with E-state index in [1.54, 1.807) is 11.1 Å². The van der Waals surface area contributed by atoms with E-state index >= 15 is 0 Å². The van der Waals surface area contributed by atoms with E-state index in [0.717, 1.165) is 24.2 Å². The Bertz CT molecular complexity index is 540. The number of rotatable bonds is 0. The van der Waals surface area contributed by atoms with Crippen molar-refractivity contribution in [1.29, 1.82) is 0 Å². The highest BCUT2D eigenvalue weighted by atomic mass is 127. The summed E-state index contributed by atoms with van der Waals surface area (Å²) in [5, 5.41) is 10.4. The molecule has 0 aliphatic heterocycles. The molecule has 0 unspecified atom stereocenters. The van der Waals surface area contributed by atoms with E-state index in [9.17, 15) is 5.11 Å². The maximum Gasteiger partial charge on any atom is 0.0596 e. The Morgan fingerprint density at radius 2 is 2.05 bits per heavy atom. The molecule has 5 atom stereocenters. The summed E-state index contributed by atoms with van der Waals surface area (Å²) in [4.78, 5) is 0. The van der Waals surface area contributed by atoms with Crippen molar-refractivity contribution in [3.05, 3.63) is 32.9 Å². The molecule has 0 aromatic heterocycles. The van der Waals surface area contributed by atoms with Gasteiger partial charge in [-0.3, -0.25) is 0 Å². The summed E-state index contributed by atoms with van der Waals surface area (Å²) in [6.45, 7) is 2.36. The fourth-order valence-electron chi connectivity index (χ4n) is 5.56. The average molecular weight is 382 g/mol. The first-order valence-corrected chi connectivity index (χ1v) is 9.14. The van der Waals surface area contributed by atoms with Crippen molar-refractivity contribution >= 4 is 22.6 Å². The number of halogens is 1. The molecule has 3 aliphatic rings. The monoisotopic (exact) mass is 382 g/mol. The lowest BCUT2D eigenvalue weighted by Gasteiger charge is -2.50. The van der Waals surface area contributed by atoms with Crippen LogP contribution in [0.3, 0.4) is 0 Å². The second kappa shape index (κ2) is 4.70. The fourth-order valence-corrected chi connectivity index (χ4v) is 6.51. The van der Waals surface area contributed by atoms with Crippen LogP contribution in [0.25, 0.3) is 0 Å². The van der Waals surface area contributed by atoms with E-state index in [1.165, 1.54) is 35.7 Å². The predicted molar refractivity (Wildman–Crippen MR) is 89.8 cm³/mol. The van der Waals surface area contributed by atoms with E-state index in [0.29, 0.717) is 0 Å². The van der Waals surface area contributed by atoms with Gasteiger partial charge in [-0.1, -0.05) is 19.1 Å². The molecule has 1 N–H and O–H groups in total. The van der Waals surface area contributed by atoms with Crippen LogP contribution >= 0.6 is 22.6 Å². The van der Waals surface area contributed by atoms with Crippen molar-refractivity contribution in [3.63, 3.8) is 0 Å². The Morgan fingerprint density at radius 1 is 1.20 bits per heavy atom. The van der Waals surface area contributed by atoms with Crippen LogP contribution in [-0.2, 0) is 6.42 Å². The Morgan fingerprint density at radius 3 is 2.90 bits per heavy atom. The van der Waals surface area contributed by atoms with Gasteiger partial charge in [-0.25, -0.2) is 0 Å². The fraction of sp³-hybridized carbons (Fsp3) is 0.667. The van der Waals surface area contributed by atoms with Crippen LogP contribution in [0, 0.1) is 20.8 Å². The minimum Gasteiger partial charge on any atom is -0.393 e. The highest BCUT2D eigenvalue weighted by molar-refractivity contribution is 14.1. The van der Waals surface area contributed by atoms with Gasteiger partial charge in [0.25, 0.3) is 0 Å². The SMILES string of the molecule is C[C@]12CC[C@@H]3c4c(I)cccc4CC[C@H]3[C@@H]1CC[C@@H]2O. The molecule has 1 aromatic rings. The number of hydrogen-bond donors (Lipinski definition) is 1. The number of aryl methyl sites for hydroxylation is 1. The zero-order chi connectivity index (χ0) is 13.9. The lowest BCUT2D eigenvalue weighted by Crippen LogP contribution is -2.44. The standard InChI is InChI=1S/C18H23IO/c1-18-10-9-13-12(14(18)7-8-16(18)20)6-5-11-3-2-4-15(19)17(11)13/h2-4,12-14,16,20H,5-10H2,1H3/t12-,13+,14+,16+,18+/m1/s1. The molecule has 0 bridgehead atoms. The van der Waals surface area contributed by atoms with Gasteiger partial charge < -0.3 is 5.11 Å². The summed E-state index contributed by atoms with van der Waals surface area (Å²) in [6, 6.07) is 6.83. The Hall–Kier alpha value is -0.0900. The van der Waals surface area contributed by atoms with E-state index in [-0.39, 0.29) is 11.5 Å². The van der Waals surface area contributed by atoms with Gasteiger partial charge in [0, 0.05) is 3.57 Å². The maximum atomic E-state index is 10.4. The highest BCUT2D eigenvalue weighted by Gasteiger charge is 2.54. The Kier molecular flexibility index (Phi) is 3.19. The molecule has 0 spiro atoms. The van der Waals surface area contributed by atoms with E-state index < -0.39 is 0 Å². The van der Waals surface area contributed by atoms with Gasteiger partial charge in [-0.2, -0.15) is 0 Å². The molecule has 4 rings (SSSR count). The zero-order valence-corrected chi connectivity index (χ0v) is 14.3. The van der Waals surface area contributed by atoms with Crippen molar-refractivity contribution in [3.8, 4) is 0 Å². The second-order valence-electron chi connectivity index (χ2n) is 7.37. The highest BCUT2D eigenvalue weighted by Crippen LogP contribution is 2.61. The van der Waals surface area contributed by atoms with Gasteiger partial charge >= 0.3 is 0 Å². The lowest BCUT2D eigenvalue weighted by molar-refractivity contribution is -0.0227. The molecule has 0 heterocycles. The molecule has 2 heteroatoms. The first-order valence-electron chi connectivity index (χ1n) is 8.06.